The van der Waals surface area contributed by atoms with Crippen LogP contribution in [0.5, 0.6) is 11.5 Å². The molecule has 24 heavy (non-hydrogen) atoms. The highest BCUT2D eigenvalue weighted by molar-refractivity contribution is 7.09. The van der Waals surface area contributed by atoms with Crippen LogP contribution in [0.25, 0.3) is 0 Å². The summed E-state index contributed by atoms with van der Waals surface area (Å²) in [5.74, 6) is 2.55. The van der Waals surface area contributed by atoms with Crippen molar-refractivity contribution in [3.8, 4) is 11.5 Å². The maximum atomic E-state index is 5.51. The first-order chi connectivity index (χ1) is 11.8. The molecular formula is C18H21N3O2S. The van der Waals surface area contributed by atoms with E-state index in [0.717, 1.165) is 30.5 Å². The largest absolute Gasteiger partial charge is 0.454 e. The topological polar surface area (TPSA) is 54.9 Å². The summed E-state index contributed by atoms with van der Waals surface area (Å²) in [6.45, 7) is 1.99. The van der Waals surface area contributed by atoms with Gasteiger partial charge in [0.15, 0.2) is 17.5 Å². The number of fused-ring (bicyclic) bond motifs is 1. The Bertz CT molecular complexity index is 739. The van der Waals surface area contributed by atoms with Crippen LogP contribution in [0.3, 0.4) is 0 Å². The predicted molar refractivity (Wildman–Crippen MR) is 96.0 cm³/mol. The van der Waals surface area contributed by atoms with Gasteiger partial charge in [0, 0.05) is 23.9 Å². The zero-order valence-corrected chi connectivity index (χ0v) is 14.5. The van der Waals surface area contributed by atoms with E-state index in [1.807, 2.05) is 13.1 Å². The third kappa shape index (κ3) is 3.06. The van der Waals surface area contributed by atoms with Crippen LogP contribution in [-0.2, 0) is 12.0 Å². The number of nitrogens with zero attached hydrogens (tertiary/aromatic N) is 1. The van der Waals surface area contributed by atoms with E-state index in [-0.39, 0.29) is 5.41 Å². The van der Waals surface area contributed by atoms with Crippen molar-refractivity contribution >= 4 is 17.3 Å². The summed E-state index contributed by atoms with van der Waals surface area (Å²) in [4.78, 5) is 5.63. The van der Waals surface area contributed by atoms with E-state index in [1.165, 1.54) is 23.3 Å². The second-order valence-electron chi connectivity index (χ2n) is 6.21. The fourth-order valence-electron chi connectivity index (χ4n) is 3.00. The second kappa shape index (κ2) is 6.36. The Hall–Kier alpha value is -2.21. The Labute approximate surface area is 145 Å². The van der Waals surface area contributed by atoms with Gasteiger partial charge in [-0.1, -0.05) is 12.1 Å². The average Bonchev–Trinajstić information content (AvgIpc) is 3.01. The number of thiophene rings is 1. The Morgan fingerprint density at radius 3 is 2.83 bits per heavy atom. The lowest BCUT2D eigenvalue weighted by Gasteiger charge is -2.19. The Morgan fingerprint density at radius 2 is 2.08 bits per heavy atom. The normalized spacial score (nSPS) is 17.6. The van der Waals surface area contributed by atoms with Crippen LogP contribution in [0.1, 0.15) is 23.3 Å². The van der Waals surface area contributed by atoms with Gasteiger partial charge in [-0.2, -0.15) is 0 Å². The molecule has 2 aromatic rings. The molecule has 0 bridgehead atoms. The van der Waals surface area contributed by atoms with Crippen molar-refractivity contribution in [3.63, 3.8) is 0 Å². The van der Waals surface area contributed by atoms with Crippen LogP contribution in [0.4, 0.5) is 0 Å². The summed E-state index contributed by atoms with van der Waals surface area (Å²) in [5.41, 5.74) is 1.50. The lowest BCUT2D eigenvalue weighted by atomic mass is 9.95. The average molecular weight is 343 g/mol. The number of benzene rings is 1. The molecule has 1 aliphatic carbocycles. The minimum atomic E-state index is 0.182. The van der Waals surface area contributed by atoms with E-state index in [4.69, 9.17) is 9.47 Å². The van der Waals surface area contributed by atoms with Crippen molar-refractivity contribution < 1.29 is 9.47 Å². The van der Waals surface area contributed by atoms with Gasteiger partial charge in [-0.3, -0.25) is 4.99 Å². The molecule has 2 aliphatic rings. The molecule has 4 rings (SSSR count). The molecule has 1 aliphatic heterocycles. The summed E-state index contributed by atoms with van der Waals surface area (Å²) in [6.07, 6.45) is 2.36. The molecule has 6 heteroatoms. The molecule has 5 nitrogen and oxygen atoms in total. The zero-order chi connectivity index (χ0) is 16.4. The molecular weight excluding hydrogens is 322 g/mol. The Morgan fingerprint density at radius 1 is 1.21 bits per heavy atom. The third-order valence-electron chi connectivity index (χ3n) is 4.67. The van der Waals surface area contributed by atoms with Crippen LogP contribution in [-0.4, -0.2) is 26.3 Å². The second-order valence-corrected chi connectivity index (χ2v) is 7.24. The summed E-state index contributed by atoms with van der Waals surface area (Å²) in [6, 6.07) is 10.5. The first kappa shape index (κ1) is 15.3. The van der Waals surface area contributed by atoms with E-state index in [0.29, 0.717) is 6.79 Å². The summed E-state index contributed by atoms with van der Waals surface area (Å²) < 4.78 is 10.9. The number of guanidine groups is 1. The van der Waals surface area contributed by atoms with Crippen molar-refractivity contribution in [3.05, 3.63) is 46.2 Å². The monoisotopic (exact) mass is 343 g/mol. The molecule has 1 aromatic heterocycles. The van der Waals surface area contributed by atoms with Crippen LogP contribution in [0, 0.1) is 0 Å². The molecule has 0 atom stereocenters. The predicted octanol–water partition coefficient (Wildman–Crippen LogP) is 2.87. The fourth-order valence-corrected chi connectivity index (χ4v) is 3.65. The van der Waals surface area contributed by atoms with Crippen LogP contribution < -0.4 is 20.1 Å². The maximum Gasteiger partial charge on any atom is 0.231 e. The molecule has 1 saturated carbocycles. The van der Waals surface area contributed by atoms with Crippen molar-refractivity contribution in [2.75, 3.05) is 20.4 Å². The van der Waals surface area contributed by atoms with Gasteiger partial charge in [0.2, 0.25) is 6.79 Å². The lowest BCUT2D eigenvalue weighted by Crippen LogP contribution is -2.40. The number of rotatable bonds is 5. The van der Waals surface area contributed by atoms with Crippen molar-refractivity contribution in [1.29, 1.82) is 0 Å². The molecule has 0 amide bonds. The standard InChI is InChI=1S/C18H21N3O2S/c1-19-17(20-10-14-3-2-8-24-14)21-11-18(6-7-18)13-4-5-15-16(9-13)23-12-22-15/h2-5,8-9H,6-7,10-12H2,1H3,(H2,19,20,21). The summed E-state index contributed by atoms with van der Waals surface area (Å²) in [7, 11) is 1.81. The van der Waals surface area contributed by atoms with E-state index in [2.05, 4.69) is 45.3 Å². The highest BCUT2D eigenvalue weighted by atomic mass is 32.1. The zero-order valence-electron chi connectivity index (χ0n) is 13.7. The molecule has 1 fully saturated rings. The molecule has 0 saturated heterocycles. The van der Waals surface area contributed by atoms with E-state index in [1.54, 1.807) is 11.3 Å². The van der Waals surface area contributed by atoms with Gasteiger partial charge in [0.05, 0.1) is 6.54 Å². The number of aliphatic imine (C=N–C) groups is 1. The van der Waals surface area contributed by atoms with Gasteiger partial charge in [-0.25, -0.2) is 0 Å². The molecule has 2 heterocycles. The highest BCUT2D eigenvalue weighted by Crippen LogP contribution is 2.49. The van der Waals surface area contributed by atoms with Crippen LogP contribution in [0.15, 0.2) is 40.7 Å². The number of hydrogen-bond donors (Lipinski definition) is 2. The number of ether oxygens (including phenoxy) is 2. The van der Waals surface area contributed by atoms with Gasteiger partial charge >= 0.3 is 0 Å². The summed E-state index contributed by atoms with van der Waals surface area (Å²) >= 11 is 1.75. The van der Waals surface area contributed by atoms with Crippen LogP contribution >= 0.6 is 11.3 Å². The molecule has 126 valence electrons. The van der Waals surface area contributed by atoms with Gasteiger partial charge in [-0.15, -0.1) is 11.3 Å². The lowest BCUT2D eigenvalue weighted by molar-refractivity contribution is 0.174. The van der Waals surface area contributed by atoms with Crippen molar-refractivity contribution in [2.45, 2.75) is 24.8 Å². The van der Waals surface area contributed by atoms with E-state index in [9.17, 15) is 0 Å². The Kier molecular flexibility index (Phi) is 4.06. The minimum Gasteiger partial charge on any atom is -0.454 e. The SMILES string of the molecule is CN=C(NCc1cccs1)NCC1(c2ccc3c(c2)OCO3)CC1. The van der Waals surface area contributed by atoms with Crippen molar-refractivity contribution in [1.82, 2.24) is 10.6 Å². The highest BCUT2D eigenvalue weighted by Gasteiger charge is 2.44. The molecule has 2 N–H and O–H groups in total. The molecule has 0 radical (unpaired) electrons. The molecule has 0 spiro atoms. The fraction of sp³-hybridized carbons (Fsp3) is 0.389. The van der Waals surface area contributed by atoms with E-state index >= 15 is 0 Å². The maximum absolute atomic E-state index is 5.51. The first-order valence-electron chi connectivity index (χ1n) is 8.16. The summed E-state index contributed by atoms with van der Waals surface area (Å²) in [5, 5.41) is 8.93. The third-order valence-corrected chi connectivity index (χ3v) is 5.54. The van der Waals surface area contributed by atoms with Gasteiger partial charge in [-0.05, 0) is 42.0 Å². The molecule has 0 unspecified atom stereocenters. The van der Waals surface area contributed by atoms with Gasteiger partial charge < -0.3 is 20.1 Å². The smallest absolute Gasteiger partial charge is 0.231 e. The van der Waals surface area contributed by atoms with E-state index < -0.39 is 0 Å². The quantitative estimate of drug-likeness (QED) is 0.647. The van der Waals surface area contributed by atoms with Crippen LogP contribution in [0.2, 0.25) is 0 Å². The minimum absolute atomic E-state index is 0.182. The van der Waals surface area contributed by atoms with Crippen molar-refractivity contribution in [2.24, 2.45) is 4.99 Å². The van der Waals surface area contributed by atoms with Gasteiger partial charge in [0.25, 0.3) is 0 Å². The Balaban J connectivity index is 1.37. The van der Waals surface area contributed by atoms with Gasteiger partial charge in [0.1, 0.15) is 0 Å². The first-order valence-corrected chi connectivity index (χ1v) is 9.04. The number of hydrogen-bond acceptors (Lipinski definition) is 4. The molecule has 1 aromatic carbocycles. The number of nitrogens with one attached hydrogen (secondary N) is 2.